The number of benzene rings is 1. The van der Waals surface area contributed by atoms with Gasteiger partial charge in [0, 0.05) is 0 Å². The average molecular weight is 430 g/mol. The van der Waals surface area contributed by atoms with Gasteiger partial charge in [-0.3, -0.25) is 14.7 Å². The van der Waals surface area contributed by atoms with Gasteiger partial charge in [0.2, 0.25) is 0 Å². The molecule has 0 radical (unpaired) electrons. The zero-order chi connectivity index (χ0) is 23.5. The van der Waals surface area contributed by atoms with Crippen LogP contribution in [0, 0.1) is 0 Å². The number of hydrogen-bond acceptors (Lipinski definition) is 10. The van der Waals surface area contributed by atoms with Crippen molar-refractivity contribution in [2.75, 3.05) is 0 Å². The Kier molecular flexibility index (Phi) is 11.0. The summed E-state index contributed by atoms with van der Waals surface area (Å²) in [5.41, 5.74) is -1.23. The lowest BCUT2D eigenvalue weighted by Gasteiger charge is -2.18. The summed E-state index contributed by atoms with van der Waals surface area (Å²) < 4.78 is 4.29. The van der Waals surface area contributed by atoms with E-state index in [0.29, 0.717) is 0 Å². The summed E-state index contributed by atoms with van der Waals surface area (Å²) >= 11 is 0. The van der Waals surface area contributed by atoms with E-state index in [0.717, 1.165) is 0 Å². The lowest BCUT2D eigenvalue weighted by atomic mass is 10.1. The number of ether oxygens (including phenoxy) is 1. The van der Waals surface area contributed by atoms with E-state index in [1.165, 1.54) is 12.1 Å². The van der Waals surface area contributed by atoms with Crippen molar-refractivity contribution in [1.29, 1.82) is 0 Å². The monoisotopic (exact) mass is 430 g/mol. The Balaban J connectivity index is 0.000000890. The second kappa shape index (κ2) is 12.1. The molecule has 0 unspecified atom stereocenters. The van der Waals surface area contributed by atoms with Gasteiger partial charge in [0.15, 0.2) is 0 Å². The first-order valence-corrected chi connectivity index (χ1v) is 9.07. The Labute approximate surface area is 175 Å². The van der Waals surface area contributed by atoms with Crippen molar-refractivity contribution >= 4 is 18.1 Å². The molecule has 170 valence electrons. The first kappa shape index (κ1) is 27.3. The zero-order valence-corrected chi connectivity index (χ0v) is 18.5. The van der Waals surface area contributed by atoms with Crippen molar-refractivity contribution in [1.82, 2.24) is 0 Å². The van der Waals surface area contributed by atoms with Crippen LogP contribution in [-0.4, -0.2) is 40.7 Å². The lowest BCUT2D eigenvalue weighted by molar-refractivity contribution is -0.302. The molecule has 0 aliphatic carbocycles. The van der Waals surface area contributed by atoms with Crippen LogP contribution in [0.3, 0.4) is 0 Å². The van der Waals surface area contributed by atoms with Crippen LogP contribution in [-0.2, 0) is 29.2 Å². The standard InChI is InChI=1S/C16H22O6.C4H8O4/c1-15(2,3)21-19-13(17)11-9-7-8-10-12(11)14(18)20-22-16(4,5)6;1-3(2)7-4(5)8-6/h7-10H,1-6H3;3,6H,1-2H3. The molecule has 10 nitrogen and oxygen atoms in total. The van der Waals surface area contributed by atoms with E-state index in [-0.39, 0.29) is 17.2 Å². The van der Waals surface area contributed by atoms with Crippen molar-refractivity contribution in [3.63, 3.8) is 0 Å². The van der Waals surface area contributed by atoms with Crippen LogP contribution in [0.1, 0.15) is 76.1 Å². The molecule has 0 saturated heterocycles. The van der Waals surface area contributed by atoms with Gasteiger partial charge in [-0.25, -0.2) is 14.4 Å². The van der Waals surface area contributed by atoms with E-state index >= 15 is 0 Å². The first-order chi connectivity index (χ1) is 13.7. The highest BCUT2D eigenvalue weighted by atomic mass is 17.2. The highest BCUT2D eigenvalue weighted by Crippen LogP contribution is 2.16. The van der Waals surface area contributed by atoms with Crippen molar-refractivity contribution in [2.24, 2.45) is 0 Å². The number of hydrogen-bond donors (Lipinski definition) is 1. The smallest absolute Gasteiger partial charge is 0.430 e. The maximum absolute atomic E-state index is 12.0. The Morgan fingerprint density at radius 3 is 1.40 bits per heavy atom. The molecular formula is C20H30O10. The molecule has 1 aromatic rings. The van der Waals surface area contributed by atoms with Gasteiger partial charge in [-0.1, -0.05) is 12.1 Å². The molecule has 30 heavy (non-hydrogen) atoms. The first-order valence-electron chi connectivity index (χ1n) is 9.07. The molecule has 1 rings (SSSR count). The van der Waals surface area contributed by atoms with Crippen LogP contribution in [0.15, 0.2) is 24.3 Å². The normalized spacial score (nSPS) is 11.1. The summed E-state index contributed by atoms with van der Waals surface area (Å²) in [4.78, 5) is 56.6. The molecule has 1 N–H and O–H groups in total. The molecule has 0 saturated carbocycles. The number of carbonyl (C=O) groups excluding carboxylic acids is 3. The fourth-order valence-electron chi connectivity index (χ4n) is 1.47. The Bertz CT molecular complexity index is 649. The summed E-state index contributed by atoms with van der Waals surface area (Å²) in [6, 6.07) is 6.11. The molecule has 1 aromatic carbocycles. The van der Waals surface area contributed by atoms with E-state index in [2.05, 4.69) is 9.62 Å². The van der Waals surface area contributed by atoms with Crippen LogP contribution in [0.25, 0.3) is 0 Å². The molecule has 0 aliphatic heterocycles. The van der Waals surface area contributed by atoms with E-state index < -0.39 is 29.3 Å². The van der Waals surface area contributed by atoms with Crippen LogP contribution in [0.4, 0.5) is 4.79 Å². The van der Waals surface area contributed by atoms with Gasteiger partial charge < -0.3 is 4.74 Å². The molecule has 10 heteroatoms. The topological polar surface area (TPSA) is 127 Å². The van der Waals surface area contributed by atoms with Gasteiger partial charge in [-0.2, -0.15) is 15.0 Å². The predicted octanol–water partition coefficient (Wildman–Crippen LogP) is 4.48. The maximum atomic E-state index is 12.0. The second-order valence-electron chi connectivity index (χ2n) is 8.19. The van der Waals surface area contributed by atoms with Crippen molar-refractivity contribution in [2.45, 2.75) is 72.7 Å². The van der Waals surface area contributed by atoms with E-state index in [4.69, 9.17) is 24.8 Å². The Morgan fingerprint density at radius 2 is 1.17 bits per heavy atom. The summed E-state index contributed by atoms with van der Waals surface area (Å²) in [5, 5.41) is 7.61. The quantitative estimate of drug-likeness (QED) is 0.406. The van der Waals surface area contributed by atoms with Crippen molar-refractivity contribution < 1.29 is 48.8 Å². The zero-order valence-electron chi connectivity index (χ0n) is 18.5. The molecule has 0 aromatic heterocycles. The molecule has 0 amide bonds. The van der Waals surface area contributed by atoms with E-state index in [1.807, 2.05) is 0 Å². The largest absolute Gasteiger partial charge is 0.540 e. The van der Waals surface area contributed by atoms with Gasteiger partial charge in [0.1, 0.15) is 11.2 Å². The molecule has 0 aliphatic rings. The van der Waals surface area contributed by atoms with Crippen LogP contribution in [0.2, 0.25) is 0 Å². The predicted molar refractivity (Wildman–Crippen MR) is 104 cm³/mol. The fraction of sp³-hybridized carbons (Fsp3) is 0.550. The highest BCUT2D eigenvalue weighted by Gasteiger charge is 2.24. The Morgan fingerprint density at radius 1 is 0.800 bits per heavy atom. The number of rotatable bonds is 5. The molecule has 0 fully saturated rings. The third-order valence-corrected chi connectivity index (χ3v) is 2.51. The molecule has 0 atom stereocenters. The van der Waals surface area contributed by atoms with Gasteiger partial charge in [-0.15, -0.1) is 0 Å². The molecule has 0 heterocycles. The molecular weight excluding hydrogens is 400 g/mol. The number of carbonyl (C=O) groups is 3. The molecule has 0 bridgehead atoms. The summed E-state index contributed by atoms with van der Waals surface area (Å²) in [6.45, 7) is 13.7. The minimum atomic E-state index is -1.07. The summed E-state index contributed by atoms with van der Waals surface area (Å²) in [7, 11) is 0. The van der Waals surface area contributed by atoms with Crippen LogP contribution >= 0.6 is 0 Å². The van der Waals surface area contributed by atoms with Gasteiger partial charge >= 0.3 is 18.1 Å². The van der Waals surface area contributed by atoms with Gasteiger partial charge in [-0.05, 0) is 67.5 Å². The fourth-order valence-corrected chi connectivity index (χ4v) is 1.47. The maximum Gasteiger partial charge on any atom is 0.540 e. The second-order valence-corrected chi connectivity index (χ2v) is 8.19. The summed E-state index contributed by atoms with van der Waals surface area (Å²) in [6.07, 6.45) is -1.32. The summed E-state index contributed by atoms with van der Waals surface area (Å²) in [5.74, 6) is -1.56. The molecule has 0 spiro atoms. The highest BCUT2D eigenvalue weighted by molar-refractivity contribution is 6.02. The van der Waals surface area contributed by atoms with Crippen molar-refractivity contribution in [3.8, 4) is 0 Å². The average Bonchev–Trinajstić information content (AvgIpc) is 2.63. The van der Waals surface area contributed by atoms with Crippen molar-refractivity contribution in [3.05, 3.63) is 35.4 Å². The Hall–Kier alpha value is -2.69. The van der Waals surface area contributed by atoms with Gasteiger partial charge in [0.25, 0.3) is 0 Å². The van der Waals surface area contributed by atoms with Gasteiger partial charge in [0.05, 0.1) is 17.2 Å². The van der Waals surface area contributed by atoms with Crippen LogP contribution < -0.4 is 0 Å². The minimum Gasteiger partial charge on any atom is -0.430 e. The van der Waals surface area contributed by atoms with E-state index in [9.17, 15) is 14.4 Å². The third kappa shape index (κ3) is 12.7. The van der Waals surface area contributed by atoms with E-state index in [1.54, 1.807) is 67.5 Å². The van der Waals surface area contributed by atoms with Crippen LogP contribution in [0.5, 0.6) is 0 Å². The SMILES string of the molecule is CC(C)(C)OOC(=O)c1ccccc1C(=O)OOC(C)(C)C.CC(C)OC(=O)OO. The lowest BCUT2D eigenvalue weighted by Crippen LogP contribution is -2.24. The minimum absolute atomic E-state index is 0.0364. The third-order valence-electron chi connectivity index (χ3n) is 2.51.